The van der Waals surface area contributed by atoms with Gasteiger partial charge >= 0.3 is 0 Å². The van der Waals surface area contributed by atoms with Gasteiger partial charge in [0.15, 0.2) is 5.78 Å². The van der Waals surface area contributed by atoms with Crippen molar-refractivity contribution < 1.29 is 4.79 Å². The van der Waals surface area contributed by atoms with Crippen molar-refractivity contribution in [1.82, 2.24) is 0 Å². The predicted molar refractivity (Wildman–Crippen MR) is 77.9 cm³/mol. The number of nitrogens with one attached hydrogen (secondary N) is 1. The summed E-state index contributed by atoms with van der Waals surface area (Å²) in [4.78, 5) is 12.5. The number of benzene rings is 2. The van der Waals surface area contributed by atoms with Crippen LogP contribution in [0.2, 0.25) is 0 Å². The van der Waals surface area contributed by atoms with E-state index in [0.29, 0.717) is 0 Å². The molecule has 0 aliphatic carbocycles. The number of anilines is 1. The van der Waals surface area contributed by atoms with Gasteiger partial charge in [0.2, 0.25) is 0 Å². The van der Waals surface area contributed by atoms with Crippen molar-refractivity contribution in [2.75, 3.05) is 11.9 Å². The molecule has 96 valence electrons. The fourth-order valence-corrected chi connectivity index (χ4v) is 2.60. The van der Waals surface area contributed by atoms with E-state index in [1.165, 1.54) is 11.3 Å². The second kappa shape index (κ2) is 4.88. The molecule has 0 atom stereocenters. The lowest BCUT2D eigenvalue weighted by molar-refractivity contribution is 0.103. The Kier molecular flexibility index (Phi) is 3.08. The second-order valence-electron chi connectivity index (χ2n) is 5.05. The van der Waals surface area contributed by atoms with Crippen LogP contribution in [0.25, 0.3) is 0 Å². The van der Waals surface area contributed by atoms with E-state index in [0.717, 1.165) is 36.1 Å². The smallest absolute Gasteiger partial charge is 0.193 e. The molecule has 0 spiro atoms. The fraction of sp³-hybridized carbons (Fsp3) is 0.235. The van der Waals surface area contributed by atoms with E-state index in [2.05, 4.69) is 5.32 Å². The Bertz CT molecular complexity index is 631. The summed E-state index contributed by atoms with van der Waals surface area (Å²) in [6.45, 7) is 3.01. The van der Waals surface area contributed by atoms with E-state index in [-0.39, 0.29) is 5.78 Å². The van der Waals surface area contributed by atoms with E-state index in [4.69, 9.17) is 0 Å². The molecule has 2 aromatic rings. The van der Waals surface area contributed by atoms with Gasteiger partial charge in [0.25, 0.3) is 0 Å². The van der Waals surface area contributed by atoms with Gasteiger partial charge in [-0.3, -0.25) is 4.79 Å². The lowest BCUT2D eigenvalue weighted by atomic mass is 9.95. The Balaban J connectivity index is 1.98. The van der Waals surface area contributed by atoms with Crippen molar-refractivity contribution in [3.63, 3.8) is 0 Å². The molecule has 19 heavy (non-hydrogen) atoms. The first-order chi connectivity index (χ1) is 9.25. The molecule has 0 unspecified atom stereocenters. The maximum absolute atomic E-state index is 12.5. The molecule has 1 aliphatic heterocycles. The number of ketones is 1. The van der Waals surface area contributed by atoms with Gasteiger partial charge in [-0.25, -0.2) is 0 Å². The van der Waals surface area contributed by atoms with Crippen LogP contribution >= 0.6 is 0 Å². The standard InChI is InChI=1S/C17H17NO/c1-12-5-2-3-7-15(12)17(19)14-8-9-16-13(11-14)6-4-10-18-16/h2-3,5,7-9,11,18H,4,6,10H2,1H3. The number of hydrogen-bond donors (Lipinski definition) is 1. The monoisotopic (exact) mass is 251 g/mol. The van der Waals surface area contributed by atoms with Gasteiger partial charge in [-0.05, 0) is 49.1 Å². The maximum Gasteiger partial charge on any atom is 0.193 e. The fourth-order valence-electron chi connectivity index (χ4n) is 2.60. The zero-order valence-electron chi connectivity index (χ0n) is 11.1. The third-order valence-electron chi connectivity index (χ3n) is 3.70. The van der Waals surface area contributed by atoms with Crippen LogP contribution < -0.4 is 5.32 Å². The third kappa shape index (κ3) is 2.26. The summed E-state index contributed by atoms with van der Waals surface area (Å²) >= 11 is 0. The molecule has 0 saturated carbocycles. The molecule has 0 bridgehead atoms. The summed E-state index contributed by atoms with van der Waals surface area (Å²) in [6.07, 6.45) is 2.19. The minimum Gasteiger partial charge on any atom is -0.385 e. The zero-order chi connectivity index (χ0) is 13.2. The van der Waals surface area contributed by atoms with Gasteiger partial charge in [-0.1, -0.05) is 24.3 Å². The van der Waals surface area contributed by atoms with Crippen LogP contribution in [0, 0.1) is 6.92 Å². The molecule has 0 aromatic heterocycles. The summed E-state index contributed by atoms with van der Waals surface area (Å²) < 4.78 is 0. The van der Waals surface area contributed by atoms with Crippen molar-refractivity contribution >= 4 is 11.5 Å². The topological polar surface area (TPSA) is 29.1 Å². The van der Waals surface area contributed by atoms with Crippen LogP contribution in [-0.2, 0) is 6.42 Å². The Hall–Kier alpha value is -2.09. The quantitative estimate of drug-likeness (QED) is 0.826. The van der Waals surface area contributed by atoms with Crippen molar-refractivity contribution in [3.8, 4) is 0 Å². The predicted octanol–water partition coefficient (Wildman–Crippen LogP) is 3.58. The highest BCUT2D eigenvalue weighted by molar-refractivity contribution is 6.10. The van der Waals surface area contributed by atoms with Crippen LogP contribution in [0.4, 0.5) is 5.69 Å². The van der Waals surface area contributed by atoms with Crippen LogP contribution in [0.1, 0.15) is 33.5 Å². The highest BCUT2D eigenvalue weighted by Gasteiger charge is 2.14. The van der Waals surface area contributed by atoms with Gasteiger partial charge in [-0.15, -0.1) is 0 Å². The number of carbonyl (C=O) groups is 1. The van der Waals surface area contributed by atoms with Crippen LogP contribution in [-0.4, -0.2) is 12.3 Å². The highest BCUT2D eigenvalue weighted by Crippen LogP contribution is 2.24. The summed E-state index contributed by atoms with van der Waals surface area (Å²) in [5.74, 6) is 0.117. The van der Waals surface area contributed by atoms with Crippen molar-refractivity contribution in [2.45, 2.75) is 19.8 Å². The number of aryl methyl sites for hydroxylation is 2. The molecule has 2 heteroatoms. The highest BCUT2D eigenvalue weighted by atomic mass is 16.1. The minimum absolute atomic E-state index is 0.117. The molecular weight excluding hydrogens is 234 g/mol. The normalized spacial score (nSPS) is 13.5. The molecule has 0 saturated heterocycles. The Morgan fingerprint density at radius 2 is 2.00 bits per heavy atom. The Morgan fingerprint density at radius 1 is 1.16 bits per heavy atom. The first-order valence-electron chi connectivity index (χ1n) is 6.73. The lowest BCUT2D eigenvalue weighted by Gasteiger charge is -2.18. The van der Waals surface area contributed by atoms with E-state index < -0.39 is 0 Å². The van der Waals surface area contributed by atoms with Crippen LogP contribution in [0.5, 0.6) is 0 Å². The first kappa shape index (κ1) is 12.0. The van der Waals surface area contributed by atoms with Crippen LogP contribution in [0.15, 0.2) is 42.5 Å². The van der Waals surface area contributed by atoms with E-state index in [1.54, 1.807) is 0 Å². The maximum atomic E-state index is 12.5. The molecule has 1 N–H and O–H groups in total. The summed E-state index contributed by atoms with van der Waals surface area (Å²) in [7, 11) is 0. The lowest BCUT2D eigenvalue weighted by Crippen LogP contribution is -2.13. The van der Waals surface area contributed by atoms with Crippen LogP contribution in [0.3, 0.4) is 0 Å². The molecule has 0 radical (unpaired) electrons. The van der Waals surface area contributed by atoms with Gasteiger partial charge < -0.3 is 5.32 Å². The van der Waals surface area contributed by atoms with Crippen molar-refractivity contribution in [3.05, 3.63) is 64.7 Å². The second-order valence-corrected chi connectivity index (χ2v) is 5.05. The molecule has 1 aliphatic rings. The average molecular weight is 251 g/mol. The molecule has 2 aromatic carbocycles. The SMILES string of the molecule is Cc1ccccc1C(=O)c1ccc2c(c1)CCCN2. The van der Waals surface area contributed by atoms with Gasteiger partial charge in [0.1, 0.15) is 0 Å². The number of fused-ring (bicyclic) bond motifs is 1. The molecule has 0 fully saturated rings. The van der Waals surface area contributed by atoms with Gasteiger partial charge in [0.05, 0.1) is 0 Å². The molecule has 3 rings (SSSR count). The van der Waals surface area contributed by atoms with Crippen molar-refractivity contribution in [2.24, 2.45) is 0 Å². The Labute approximate surface area is 113 Å². The van der Waals surface area contributed by atoms with E-state index >= 15 is 0 Å². The zero-order valence-corrected chi connectivity index (χ0v) is 11.1. The molecular formula is C17H17NO. The van der Waals surface area contributed by atoms with Gasteiger partial charge in [0, 0.05) is 23.4 Å². The average Bonchev–Trinajstić information content (AvgIpc) is 2.46. The molecule has 1 heterocycles. The van der Waals surface area contributed by atoms with E-state index in [1.807, 2.05) is 49.4 Å². The molecule has 0 amide bonds. The summed E-state index contributed by atoms with van der Waals surface area (Å²) in [6, 6.07) is 13.7. The first-order valence-corrected chi connectivity index (χ1v) is 6.73. The number of carbonyl (C=O) groups excluding carboxylic acids is 1. The number of hydrogen-bond acceptors (Lipinski definition) is 2. The third-order valence-corrected chi connectivity index (χ3v) is 3.70. The summed E-state index contributed by atoms with van der Waals surface area (Å²) in [5.41, 5.74) is 5.05. The number of rotatable bonds is 2. The van der Waals surface area contributed by atoms with E-state index in [9.17, 15) is 4.79 Å². The Morgan fingerprint density at radius 3 is 2.84 bits per heavy atom. The van der Waals surface area contributed by atoms with Crippen molar-refractivity contribution in [1.29, 1.82) is 0 Å². The minimum atomic E-state index is 0.117. The largest absolute Gasteiger partial charge is 0.385 e. The summed E-state index contributed by atoms with van der Waals surface area (Å²) in [5, 5.41) is 3.37. The van der Waals surface area contributed by atoms with Gasteiger partial charge in [-0.2, -0.15) is 0 Å². The molecule has 2 nitrogen and oxygen atoms in total.